The summed E-state index contributed by atoms with van der Waals surface area (Å²) >= 11 is 0. The van der Waals surface area contributed by atoms with Crippen LogP contribution in [0.2, 0.25) is 0 Å². The summed E-state index contributed by atoms with van der Waals surface area (Å²) in [6.07, 6.45) is 2.90. The topological polar surface area (TPSA) is 32.3 Å². The van der Waals surface area contributed by atoms with Crippen molar-refractivity contribution in [1.29, 1.82) is 0 Å². The second-order valence-electron chi connectivity index (χ2n) is 6.01. The number of nitrogens with zero attached hydrogens (tertiary/aromatic N) is 1. The molecule has 3 heteroatoms. The molecule has 0 unspecified atom stereocenters. The molecule has 2 rings (SSSR count). The van der Waals surface area contributed by atoms with E-state index in [1.165, 1.54) is 23.1 Å². The number of piperidine rings is 1. The predicted octanol–water partition coefficient (Wildman–Crippen LogP) is 2.30. The van der Waals surface area contributed by atoms with Crippen molar-refractivity contribution < 1.29 is 4.79 Å². The standard InChI is InChI=1S/C17H26N2O/c1-13-6-7-14(2)16(9-13)10-17(20)19-8-4-5-15(12-19)11-18-3/h6-7,9,15,18H,4-5,8,10-12H2,1-3H3/t15-/m0/s1. The van der Waals surface area contributed by atoms with E-state index in [1.54, 1.807) is 0 Å². The molecule has 0 radical (unpaired) electrons. The lowest BCUT2D eigenvalue weighted by atomic mass is 9.96. The van der Waals surface area contributed by atoms with Gasteiger partial charge in [-0.1, -0.05) is 23.8 Å². The number of nitrogens with one attached hydrogen (secondary N) is 1. The first kappa shape index (κ1) is 15.0. The van der Waals surface area contributed by atoms with Gasteiger partial charge in [0.05, 0.1) is 6.42 Å². The SMILES string of the molecule is CNC[C@@H]1CCCN(C(=O)Cc2cc(C)ccc2C)C1. The van der Waals surface area contributed by atoms with E-state index >= 15 is 0 Å². The molecule has 20 heavy (non-hydrogen) atoms. The molecule has 1 aliphatic rings. The quantitative estimate of drug-likeness (QED) is 0.914. The fourth-order valence-corrected chi connectivity index (χ4v) is 3.01. The van der Waals surface area contributed by atoms with Crippen molar-refractivity contribution in [3.63, 3.8) is 0 Å². The Morgan fingerprint density at radius 2 is 2.20 bits per heavy atom. The molecule has 1 heterocycles. The predicted molar refractivity (Wildman–Crippen MR) is 82.9 cm³/mol. The Hall–Kier alpha value is -1.35. The number of hydrogen-bond donors (Lipinski definition) is 1. The van der Waals surface area contributed by atoms with Crippen LogP contribution >= 0.6 is 0 Å². The molecule has 0 aliphatic carbocycles. The van der Waals surface area contributed by atoms with E-state index < -0.39 is 0 Å². The molecule has 0 bridgehead atoms. The van der Waals surface area contributed by atoms with Crippen LogP contribution in [0.5, 0.6) is 0 Å². The zero-order chi connectivity index (χ0) is 14.5. The van der Waals surface area contributed by atoms with Crippen LogP contribution in [0.3, 0.4) is 0 Å². The van der Waals surface area contributed by atoms with Gasteiger partial charge in [-0.15, -0.1) is 0 Å². The highest BCUT2D eigenvalue weighted by Crippen LogP contribution is 2.18. The Labute approximate surface area is 122 Å². The van der Waals surface area contributed by atoms with Gasteiger partial charge in [0, 0.05) is 13.1 Å². The summed E-state index contributed by atoms with van der Waals surface area (Å²) in [5.41, 5.74) is 3.61. The molecule has 1 aromatic carbocycles. The Kier molecular flexibility index (Phi) is 5.18. The average molecular weight is 274 g/mol. The number of carbonyl (C=O) groups is 1. The van der Waals surface area contributed by atoms with Gasteiger partial charge in [-0.05, 0) is 57.3 Å². The van der Waals surface area contributed by atoms with Gasteiger partial charge < -0.3 is 10.2 Å². The summed E-state index contributed by atoms with van der Waals surface area (Å²) in [5, 5.41) is 3.23. The Balaban J connectivity index is 1.99. The van der Waals surface area contributed by atoms with E-state index in [2.05, 4.69) is 37.4 Å². The van der Waals surface area contributed by atoms with Crippen LogP contribution in [-0.2, 0) is 11.2 Å². The van der Waals surface area contributed by atoms with Crippen LogP contribution in [0.25, 0.3) is 0 Å². The third-order valence-electron chi connectivity index (χ3n) is 4.21. The number of aryl methyl sites for hydroxylation is 2. The van der Waals surface area contributed by atoms with Crippen molar-refractivity contribution in [2.45, 2.75) is 33.1 Å². The third-order valence-corrected chi connectivity index (χ3v) is 4.21. The molecule has 1 atom stereocenters. The van der Waals surface area contributed by atoms with Gasteiger partial charge in [0.25, 0.3) is 0 Å². The molecule has 1 aromatic rings. The van der Waals surface area contributed by atoms with Gasteiger partial charge in [0.15, 0.2) is 0 Å². The monoisotopic (exact) mass is 274 g/mol. The fraction of sp³-hybridized carbons (Fsp3) is 0.588. The van der Waals surface area contributed by atoms with E-state index in [4.69, 9.17) is 0 Å². The number of benzene rings is 1. The minimum Gasteiger partial charge on any atom is -0.342 e. The molecule has 0 spiro atoms. The Morgan fingerprint density at radius 3 is 2.95 bits per heavy atom. The van der Waals surface area contributed by atoms with Crippen LogP contribution in [0.15, 0.2) is 18.2 Å². The highest BCUT2D eigenvalue weighted by Gasteiger charge is 2.23. The minimum absolute atomic E-state index is 0.277. The Morgan fingerprint density at radius 1 is 1.40 bits per heavy atom. The summed E-state index contributed by atoms with van der Waals surface area (Å²) in [4.78, 5) is 14.5. The van der Waals surface area contributed by atoms with Crippen molar-refractivity contribution in [3.05, 3.63) is 34.9 Å². The molecule has 0 saturated carbocycles. The van der Waals surface area contributed by atoms with Crippen LogP contribution in [0.4, 0.5) is 0 Å². The molecule has 1 N–H and O–H groups in total. The van der Waals surface area contributed by atoms with Crippen LogP contribution in [0.1, 0.15) is 29.5 Å². The number of carbonyl (C=O) groups excluding carboxylic acids is 1. The maximum Gasteiger partial charge on any atom is 0.227 e. The first-order chi connectivity index (χ1) is 9.60. The van der Waals surface area contributed by atoms with Gasteiger partial charge in [-0.2, -0.15) is 0 Å². The zero-order valence-corrected chi connectivity index (χ0v) is 12.9. The van der Waals surface area contributed by atoms with E-state index in [-0.39, 0.29) is 5.91 Å². The highest BCUT2D eigenvalue weighted by atomic mass is 16.2. The number of amides is 1. The van der Waals surface area contributed by atoms with E-state index in [0.717, 1.165) is 26.1 Å². The van der Waals surface area contributed by atoms with Gasteiger partial charge in [0.2, 0.25) is 5.91 Å². The molecular weight excluding hydrogens is 248 g/mol. The summed E-state index contributed by atoms with van der Waals surface area (Å²) in [7, 11) is 1.98. The summed E-state index contributed by atoms with van der Waals surface area (Å²) in [6, 6.07) is 6.35. The third kappa shape index (κ3) is 3.83. The number of hydrogen-bond acceptors (Lipinski definition) is 2. The summed E-state index contributed by atoms with van der Waals surface area (Å²) < 4.78 is 0. The van der Waals surface area contributed by atoms with E-state index in [0.29, 0.717) is 12.3 Å². The van der Waals surface area contributed by atoms with Crippen molar-refractivity contribution >= 4 is 5.91 Å². The average Bonchev–Trinajstić information content (AvgIpc) is 2.43. The van der Waals surface area contributed by atoms with Crippen molar-refractivity contribution in [3.8, 4) is 0 Å². The second kappa shape index (κ2) is 6.89. The van der Waals surface area contributed by atoms with E-state index in [9.17, 15) is 4.79 Å². The molecule has 3 nitrogen and oxygen atoms in total. The van der Waals surface area contributed by atoms with Crippen molar-refractivity contribution in [2.75, 3.05) is 26.7 Å². The number of rotatable bonds is 4. The first-order valence-corrected chi connectivity index (χ1v) is 7.58. The first-order valence-electron chi connectivity index (χ1n) is 7.58. The molecular formula is C17H26N2O. The molecule has 1 amide bonds. The smallest absolute Gasteiger partial charge is 0.227 e. The maximum absolute atomic E-state index is 12.5. The van der Waals surface area contributed by atoms with Crippen molar-refractivity contribution in [2.24, 2.45) is 5.92 Å². The normalized spacial score (nSPS) is 19.1. The number of likely N-dealkylation sites (tertiary alicyclic amines) is 1. The van der Waals surface area contributed by atoms with Gasteiger partial charge >= 0.3 is 0 Å². The summed E-state index contributed by atoms with van der Waals surface area (Å²) in [5.74, 6) is 0.885. The van der Waals surface area contributed by atoms with Crippen LogP contribution < -0.4 is 5.32 Å². The second-order valence-corrected chi connectivity index (χ2v) is 6.01. The molecule has 1 aliphatic heterocycles. The molecule has 1 saturated heterocycles. The minimum atomic E-state index is 0.277. The highest BCUT2D eigenvalue weighted by molar-refractivity contribution is 5.79. The fourth-order valence-electron chi connectivity index (χ4n) is 3.01. The zero-order valence-electron chi connectivity index (χ0n) is 12.9. The lowest BCUT2D eigenvalue weighted by Crippen LogP contribution is -2.43. The molecule has 110 valence electrons. The Bertz CT molecular complexity index is 468. The van der Waals surface area contributed by atoms with Gasteiger partial charge in [-0.3, -0.25) is 4.79 Å². The lowest BCUT2D eigenvalue weighted by Gasteiger charge is -2.33. The van der Waals surface area contributed by atoms with Crippen LogP contribution in [-0.4, -0.2) is 37.5 Å². The molecule has 1 fully saturated rings. The summed E-state index contributed by atoms with van der Waals surface area (Å²) in [6.45, 7) is 7.00. The lowest BCUT2D eigenvalue weighted by molar-refractivity contribution is -0.132. The largest absolute Gasteiger partial charge is 0.342 e. The van der Waals surface area contributed by atoms with Crippen LogP contribution in [0, 0.1) is 19.8 Å². The molecule has 0 aromatic heterocycles. The van der Waals surface area contributed by atoms with E-state index in [1.807, 2.05) is 11.9 Å². The van der Waals surface area contributed by atoms with Gasteiger partial charge in [-0.25, -0.2) is 0 Å². The maximum atomic E-state index is 12.5. The van der Waals surface area contributed by atoms with Crippen molar-refractivity contribution in [1.82, 2.24) is 10.2 Å². The van der Waals surface area contributed by atoms with Gasteiger partial charge in [0.1, 0.15) is 0 Å².